The molecule has 2 amide bonds. The molecule has 7 unspecified atom stereocenters. The lowest BCUT2D eigenvalue weighted by Gasteiger charge is -2.59. The lowest BCUT2D eigenvalue weighted by molar-refractivity contribution is -0.390. The van der Waals surface area contributed by atoms with Crippen LogP contribution in [0.5, 0.6) is 0 Å². The number of amides is 2. The highest BCUT2D eigenvalue weighted by molar-refractivity contribution is 9.09. The Hall–Kier alpha value is -3.82. The van der Waals surface area contributed by atoms with E-state index in [1.165, 1.54) is 5.57 Å². The van der Waals surface area contributed by atoms with Gasteiger partial charge in [-0.05, 0) is 100 Å². The van der Waals surface area contributed by atoms with Crippen LogP contribution in [0.3, 0.4) is 0 Å². The number of carboxylic acid groups (broad SMARTS) is 1. The van der Waals surface area contributed by atoms with Gasteiger partial charge in [-0.25, -0.2) is 9.78 Å². The summed E-state index contributed by atoms with van der Waals surface area (Å²) >= 11 is 2.92. The van der Waals surface area contributed by atoms with E-state index in [9.17, 15) is 33.9 Å². The van der Waals surface area contributed by atoms with Gasteiger partial charge in [0.2, 0.25) is 12.3 Å². The van der Waals surface area contributed by atoms with Crippen molar-refractivity contribution in [1.29, 1.82) is 0 Å². The number of aliphatic hydroxyl groups is 1. The van der Waals surface area contributed by atoms with Crippen LogP contribution in [-0.4, -0.2) is 89.6 Å². The number of rotatable bonds is 16. The summed E-state index contributed by atoms with van der Waals surface area (Å²) in [6.45, 7) is 11.3. The van der Waals surface area contributed by atoms with Gasteiger partial charge in [0, 0.05) is 41.7 Å². The zero-order valence-electron chi connectivity index (χ0n) is 36.1. The maximum atomic E-state index is 14.1. The number of nitrogens with one attached hydrogen (secondary N) is 3. The molecule has 3 fully saturated rings. The number of allylic oxidation sites excluding steroid dienone is 4. The maximum Gasteiger partial charge on any atom is 0.303 e. The molecule has 0 radical (unpaired) electrons. The van der Waals surface area contributed by atoms with Gasteiger partial charge < -0.3 is 31.0 Å². The average molecular weight is 901 g/mol. The molecule has 1 aromatic rings. The van der Waals surface area contributed by atoms with E-state index in [4.69, 9.17) is 14.9 Å². The summed E-state index contributed by atoms with van der Waals surface area (Å²) in [4.78, 5) is 78.8. The summed E-state index contributed by atoms with van der Waals surface area (Å²) in [6.07, 6.45) is 15.6. The molecule has 0 spiro atoms. The first-order chi connectivity index (χ1) is 28.6. The van der Waals surface area contributed by atoms with Gasteiger partial charge in [0.25, 0.3) is 0 Å². The number of hydrogen-bond acceptors (Lipinski definition) is 10. The van der Waals surface area contributed by atoms with E-state index in [2.05, 4.69) is 65.7 Å². The molecule has 0 saturated heterocycles. The van der Waals surface area contributed by atoms with Crippen molar-refractivity contribution in [2.75, 3.05) is 30.8 Å². The van der Waals surface area contributed by atoms with Crippen LogP contribution in [0.15, 0.2) is 59.7 Å². The van der Waals surface area contributed by atoms with Crippen molar-refractivity contribution in [3.05, 3.63) is 65.3 Å². The number of unbranched alkanes of at least 4 members (excludes halogenated alkanes) is 1. The molecule has 5 aliphatic rings. The van der Waals surface area contributed by atoms with Gasteiger partial charge in [0.05, 0.1) is 18.0 Å². The number of fused-ring (bicyclic) bond motifs is 5. The summed E-state index contributed by atoms with van der Waals surface area (Å²) < 4.78 is 0. The fourth-order valence-corrected chi connectivity index (χ4v) is 9.82. The van der Waals surface area contributed by atoms with Crippen LogP contribution in [0.1, 0.15) is 104 Å². The molecule has 14 heteroatoms. The molecule has 5 aliphatic carbocycles. The van der Waals surface area contributed by atoms with Crippen molar-refractivity contribution < 1.29 is 48.8 Å². The molecule has 13 nitrogen and oxygen atoms in total. The highest BCUT2D eigenvalue weighted by Gasteiger charge is 2.70. The predicted octanol–water partition coefficient (Wildman–Crippen LogP) is 6.62. The number of alkyl halides is 1. The number of carbonyl (C=O) groups is 6. The second-order valence-corrected chi connectivity index (χ2v) is 17.1. The summed E-state index contributed by atoms with van der Waals surface area (Å²) in [5.41, 5.74) is 2.25. The highest BCUT2D eigenvalue weighted by atomic mass is 79.9. The molecule has 6 rings (SSSR count). The Kier molecular flexibility index (Phi) is 20.2. The molecule has 332 valence electrons. The number of aliphatic carboxylic acids is 1. The summed E-state index contributed by atoms with van der Waals surface area (Å²) in [5, 5.41) is 27.8. The predicted molar refractivity (Wildman–Crippen MR) is 234 cm³/mol. The molecule has 3 saturated carbocycles. The topological polar surface area (TPSA) is 197 Å². The molecule has 60 heavy (non-hydrogen) atoms. The van der Waals surface area contributed by atoms with Gasteiger partial charge in [-0.2, -0.15) is 0 Å². The number of ketones is 2. The molecule has 5 N–H and O–H groups in total. The Morgan fingerprint density at radius 2 is 1.80 bits per heavy atom. The number of benzene rings is 1. The fraction of sp³-hybridized carbons (Fsp3) is 0.609. The van der Waals surface area contributed by atoms with E-state index in [1.54, 1.807) is 19.1 Å². The van der Waals surface area contributed by atoms with Crippen molar-refractivity contribution in [2.24, 2.45) is 28.6 Å². The van der Waals surface area contributed by atoms with Crippen LogP contribution in [0, 0.1) is 28.6 Å². The smallest absolute Gasteiger partial charge is 0.303 e. The molecular formula is C46H66BrN3O10. The largest absolute Gasteiger partial charge is 0.481 e. The first-order valence-electron chi connectivity index (χ1n) is 21.2. The Morgan fingerprint density at radius 3 is 2.40 bits per heavy atom. The number of anilines is 1. The number of carbonyl (C=O) groups excluding carboxylic acids is 5. The second kappa shape index (κ2) is 24.0. The van der Waals surface area contributed by atoms with Gasteiger partial charge in [-0.3, -0.25) is 24.0 Å². The summed E-state index contributed by atoms with van der Waals surface area (Å²) in [5.74, 6) is -0.322. The van der Waals surface area contributed by atoms with Gasteiger partial charge in [0.1, 0.15) is 12.4 Å². The van der Waals surface area contributed by atoms with E-state index in [-0.39, 0.29) is 65.0 Å². The lowest BCUT2D eigenvalue weighted by Crippen LogP contribution is -2.62. The van der Waals surface area contributed by atoms with E-state index in [0.717, 1.165) is 68.3 Å². The van der Waals surface area contributed by atoms with Crippen LogP contribution in [0.25, 0.3) is 0 Å². The van der Waals surface area contributed by atoms with Crippen LogP contribution >= 0.6 is 15.9 Å². The number of carboxylic acids is 1. The van der Waals surface area contributed by atoms with Crippen molar-refractivity contribution in [3.63, 3.8) is 0 Å². The van der Waals surface area contributed by atoms with Gasteiger partial charge in [0.15, 0.2) is 17.2 Å². The van der Waals surface area contributed by atoms with Crippen molar-refractivity contribution in [2.45, 2.75) is 123 Å². The van der Waals surface area contributed by atoms with Crippen LogP contribution in [0.2, 0.25) is 0 Å². The quantitative estimate of drug-likeness (QED) is 0.0393. The standard InChI is InChI=1S/C36H45NO6.C4H6BrNO2.C3H9N.C3H6O2/c1-4-5-9-32(41)36(43-42-28-18-24(19-28)16-23-7-6-8-26(17-23)37-22-38)15-13-30-29-11-10-25-20-27(39)12-14-34(25,2)33(29)31(40)21-35(30,36)3;5-3-4(8)6-1-2-7;1-3-4-2;1-2-3(4)5/h6-8,12,14,17-18,20,22,28-31,33,40H,4-5,9-11,13,15-16,19,21H2,1-3H3,(H,37,38);2H,1,3H2,(H,6,8);4H,3H2,1-2H3;2H2,1H3,(H,4,5)/t28-,29?,30?,31?,33?,34?,35?,36?;;;/m1.../s1. The van der Waals surface area contributed by atoms with Crippen molar-refractivity contribution >= 4 is 57.8 Å². The molecule has 0 bridgehead atoms. The third kappa shape index (κ3) is 12.4. The number of hydrogen-bond donors (Lipinski definition) is 5. The second-order valence-electron chi connectivity index (χ2n) is 16.5. The Bertz CT molecular complexity index is 1750. The monoisotopic (exact) mass is 899 g/mol. The van der Waals surface area contributed by atoms with E-state index >= 15 is 0 Å². The minimum absolute atomic E-state index is 0.00902. The number of aliphatic hydroxyl groups excluding tert-OH is 1. The van der Waals surface area contributed by atoms with Crippen LogP contribution < -0.4 is 16.0 Å². The molecule has 0 aromatic heterocycles. The van der Waals surface area contributed by atoms with E-state index in [1.807, 2.05) is 37.4 Å². The minimum Gasteiger partial charge on any atom is -0.481 e. The Labute approximate surface area is 363 Å². The minimum atomic E-state index is -1.09. The van der Waals surface area contributed by atoms with Crippen molar-refractivity contribution in [1.82, 2.24) is 10.6 Å². The molecule has 0 heterocycles. The zero-order valence-corrected chi connectivity index (χ0v) is 37.7. The average Bonchev–Trinajstić information content (AvgIpc) is 3.52. The molecular weight excluding hydrogens is 834 g/mol. The van der Waals surface area contributed by atoms with E-state index < -0.39 is 23.1 Å². The Morgan fingerprint density at radius 1 is 1.10 bits per heavy atom. The zero-order chi connectivity index (χ0) is 44.5. The molecule has 8 atom stereocenters. The normalized spacial score (nSPS) is 29.3. The molecule has 1 aromatic carbocycles. The first-order valence-corrected chi connectivity index (χ1v) is 22.4. The first kappa shape index (κ1) is 50.5. The fourth-order valence-electron chi connectivity index (χ4n) is 9.62. The maximum absolute atomic E-state index is 14.1. The summed E-state index contributed by atoms with van der Waals surface area (Å²) in [6, 6.07) is 7.79. The highest BCUT2D eigenvalue weighted by Crippen LogP contribution is 2.68. The number of aldehydes is 1. The van der Waals surface area contributed by atoms with Gasteiger partial charge in [-0.1, -0.05) is 92.4 Å². The number of Topliss-reactive ketones (excluding diaryl/α,β-unsaturated/α-hetero) is 1. The lowest BCUT2D eigenvalue weighted by atomic mass is 9.46. The van der Waals surface area contributed by atoms with Crippen LogP contribution in [-0.2, 0) is 45.0 Å². The van der Waals surface area contributed by atoms with Gasteiger partial charge >= 0.3 is 5.97 Å². The summed E-state index contributed by atoms with van der Waals surface area (Å²) in [7, 11) is 1.93. The number of halogens is 1. The Balaban J connectivity index is 0.000000478. The van der Waals surface area contributed by atoms with E-state index in [0.29, 0.717) is 32.0 Å². The molecule has 0 aliphatic heterocycles. The van der Waals surface area contributed by atoms with Gasteiger partial charge in [-0.15, -0.1) is 0 Å². The SMILES string of the molecule is CCC(=O)O.CCCCC(=O)C1(OO[C@@H]2C=C(Cc3cccc(NC=O)c3)C2)CCC2C3CCC4=CC(=O)C=CC4(C)C3C(O)CC21C.CCNC.O=CCNC(=O)CBr. The van der Waals surface area contributed by atoms with Crippen molar-refractivity contribution in [3.8, 4) is 0 Å². The third-order valence-corrected chi connectivity index (χ3v) is 13.3. The van der Waals surface area contributed by atoms with Crippen LogP contribution in [0.4, 0.5) is 5.69 Å². The third-order valence-electron chi connectivity index (χ3n) is 12.8.